The van der Waals surface area contributed by atoms with Gasteiger partial charge in [-0.05, 0) is 37.6 Å². The lowest BCUT2D eigenvalue weighted by molar-refractivity contribution is 0.572. The second-order valence-electron chi connectivity index (χ2n) is 5.65. The van der Waals surface area contributed by atoms with E-state index in [0.29, 0.717) is 0 Å². The van der Waals surface area contributed by atoms with E-state index in [0.717, 1.165) is 18.8 Å². The highest BCUT2D eigenvalue weighted by Crippen LogP contribution is 2.17. The summed E-state index contributed by atoms with van der Waals surface area (Å²) in [6, 6.07) is 8.24. The summed E-state index contributed by atoms with van der Waals surface area (Å²) in [7, 11) is 0. The fourth-order valence-electron chi connectivity index (χ4n) is 2.59. The molecule has 114 valence electrons. The van der Waals surface area contributed by atoms with Crippen LogP contribution < -0.4 is 10.6 Å². The van der Waals surface area contributed by atoms with Crippen molar-refractivity contribution in [2.24, 2.45) is 0 Å². The van der Waals surface area contributed by atoms with Crippen LogP contribution in [0.1, 0.15) is 65.2 Å². The van der Waals surface area contributed by atoms with Crippen LogP contribution in [-0.2, 0) is 0 Å². The van der Waals surface area contributed by atoms with E-state index >= 15 is 0 Å². The van der Waals surface area contributed by atoms with Gasteiger partial charge in [-0.15, -0.1) is 0 Å². The lowest BCUT2D eigenvalue weighted by Crippen LogP contribution is -2.23. The molecular formula is C18H32N2. The molecule has 0 saturated heterocycles. The van der Waals surface area contributed by atoms with Gasteiger partial charge in [0.25, 0.3) is 0 Å². The second-order valence-corrected chi connectivity index (χ2v) is 5.65. The Morgan fingerprint density at radius 3 is 1.90 bits per heavy atom. The SMILES string of the molecule is CCCCCCCCCCN(CC)c1ccc(N)cc1. The first-order valence-electron chi connectivity index (χ1n) is 8.38. The van der Waals surface area contributed by atoms with Crippen LogP contribution >= 0.6 is 0 Å². The van der Waals surface area contributed by atoms with E-state index in [9.17, 15) is 0 Å². The number of nitrogens with two attached hydrogens (primary N) is 1. The molecule has 0 aliphatic carbocycles. The summed E-state index contributed by atoms with van der Waals surface area (Å²) in [6.07, 6.45) is 11.0. The van der Waals surface area contributed by atoms with E-state index in [1.807, 2.05) is 12.1 Å². The number of unbranched alkanes of at least 4 members (excludes halogenated alkanes) is 7. The fourth-order valence-corrected chi connectivity index (χ4v) is 2.59. The first-order valence-corrected chi connectivity index (χ1v) is 8.38. The Labute approximate surface area is 125 Å². The molecule has 0 saturated carbocycles. The van der Waals surface area contributed by atoms with Crippen molar-refractivity contribution < 1.29 is 0 Å². The van der Waals surface area contributed by atoms with Gasteiger partial charge in [0.05, 0.1) is 0 Å². The molecule has 0 aliphatic heterocycles. The molecule has 0 aromatic heterocycles. The molecule has 0 radical (unpaired) electrons. The zero-order chi connectivity index (χ0) is 14.6. The van der Waals surface area contributed by atoms with Gasteiger partial charge in [-0.3, -0.25) is 0 Å². The first kappa shape index (κ1) is 16.9. The predicted octanol–water partition coefficient (Wildman–Crippen LogP) is 5.24. The predicted molar refractivity (Wildman–Crippen MR) is 91.4 cm³/mol. The van der Waals surface area contributed by atoms with Crippen LogP contribution in [0.3, 0.4) is 0 Å². The van der Waals surface area contributed by atoms with E-state index in [2.05, 4.69) is 30.9 Å². The maximum atomic E-state index is 5.74. The van der Waals surface area contributed by atoms with Gasteiger partial charge >= 0.3 is 0 Å². The quantitative estimate of drug-likeness (QED) is 0.442. The van der Waals surface area contributed by atoms with Crippen LogP contribution in [0.2, 0.25) is 0 Å². The van der Waals surface area contributed by atoms with Crippen LogP contribution in [0.15, 0.2) is 24.3 Å². The summed E-state index contributed by atoms with van der Waals surface area (Å²) < 4.78 is 0. The molecule has 1 aromatic rings. The van der Waals surface area contributed by atoms with Crippen molar-refractivity contribution in [3.63, 3.8) is 0 Å². The van der Waals surface area contributed by atoms with Crippen LogP contribution in [0.5, 0.6) is 0 Å². The van der Waals surface area contributed by atoms with E-state index in [-0.39, 0.29) is 0 Å². The topological polar surface area (TPSA) is 29.3 Å². The highest BCUT2D eigenvalue weighted by molar-refractivity contribution is 5.52. The summed E-state index contributed by atoms with van der Waals surface area (Å²) in [5, 5.41) is 0. The first-order chi connectivity index (χ1) is 9.77. The number of hydrogen-bond acceptors (Lipinski definition) is 2. The number of rotatable bonds is 11. The van der Waals surface area contributed by atoms with Gasteiger partial charge in [0.2, 0.25) is 0 Å². The Morgan fingerprint density at radius 1 is 0.800 bits per heavy atom. The van der Waals surface area contributed by atoms with Crippen LogP contribution in [-0.4, -0.2) is 13.1 Å². The Bertz CT molecular complexity index is 332. The van der Waals surface area contributed by atoms with Crippen molar-refractivity contribution in [3.05, 3.63) is 24.3 Å². The van der Waals surface area contributed by atoms with Gasteiger partial charge in [0, 0.05) is 24.5 Å². The summed E-state index contributed by atoms with van der Waals surface area (Å²) in [5.74, 6) is 0. The molecule has 1 rings (SSSR count). The lowest BCUT2D eigenvalue weighted by atomic mass is 10.1. The van der Waals surface area contributed by atoms with E-state index in [1.165, 1.54) is 57.1 Å². The Morgan fingerprint density at radius 2 is 1.35 bits per heavy atom. The van der Waals surface area contributed by atoms with Crippen LogP contribution in [0, 0.1) is 0 Å². The molecule has 0 bridgehead atoms. The van der Waals surface area contributed by atoms with Gasteiger partial charge in [0.1, 0.15) is 0 Å². The molecule has 1 aromatic carbocycles. The maximum Gasteiger partial charge on any atom is 0.0367 e. The highest BCUT2D eigenvalue weighted by Gasteiger charge is 2.03. The Balaban J connectivity index is 2.14. The fraction of sp³-hybridized carbons (Fsp3) is 0.667. The summed E-state index contributed by atoms with van der Waals surface area (Å²) in [5.41, 5.74) is 7.88. The Hall–Kier alpha value is -1.18. The standard InChI is InChI=1S/C18H32N2/c1-3-5-6-7-8-9-10-11-16-20(4-2)18-14-12-17(19)13-15-18/h12-15H,3-11,16,19H2,1-2H3. The summed E-state index contributed by atoms with van der Waals surface area (Å²) in [6.45, 7) is 6.73. The molecule has 20 heavy (non-hydrogen) atoms. The van der Waals surface area contributed by atoms with Gasteiger partial charge in [0.15, 0.2) is 0 Å². The minimum Gasteiger partial charge on any atom is -0.399 e. The molecule has 0 atom stereocenters. The lowest BCUT2D eigenvalue weighted by Gasteiger charge is -2.23. The van der Waals surface area contributed by atoms with Gasteiger partial charge in [-0.2, -0.15) is 0 Å². The van der Waals surface area contributed by atoms with Gasteiger partial charge < -0.3 is 10.6 Å². The van der Waals surface area contributed by atoms with Gasteiger partial charge in [-0.25, -0.2) is 0 Å². The van der Waals surface area contributed by atoms with E-state index in [1.54, 1.807) is 0 Å². The van der Waals surface area contributed by atoms with Crippen LogP contribution in [0.25, 0.3) is 0 Å². The molecule has 0 unspecified atom stereocenters. The molecule has 0 heterocycles. The molecule has 0 aliphatic rings. The third-order valence-corrected chi connectivity index (χ3v) is 3.92. The van der Waals surface area contributed by atoms with E-state index in [4.69, 9.17) is 5.73 Å². The summed E-state index contributed by atoms with van der Waals surface area (Å²) >= 11 is 0. The van der Waals surface area contributed by atoms with E-state index < -0.39 is 0 Å². The van der Waals surface area contributed by atoms with Crippen molar-refractivity contribution >= 4 is 11.4 Å². The van der Waals surface area contributed by atoms with Crippen LogP contribution in [0.4, 0.5) is 11.4 Å². The monoisotopic (exact) mass is 276 g/mol. The molecule has 2 N–H and O–H groups in total. The normalized spacial score (nSPS) is 10.7. The average molecular weight is 276 g/mol. The largest absolute Gasteiger partial charge is 0.399 e. The average Bonchev–Trinajstić information content (AvgIpc) is 2.47. The van der Waals surface area contributed by atoms with Crippen molar-refractivity contribution in [3.8, 4) is 0 Å². The molecule has 0 spiro atoms. The third kappa shape index (κ3) is 6.83. The van der Waals surface area contributed by atoms with Gasteiger partial charge in [-0.1, -0.05) is 51.9 Å². The Kier molecular flexibility index (Phi) is 8.93. The smallest absolute Gasteiger partial charge is 0.0367 e. The van der Waals surface area contributed by atoms with Crippen molar-refractivity contribution in [1.29, 1.82) is 0 Å². The number of nitrogen functional groups attached to an aromatic ring is 1. The zero-order valence-electron chi connectivity index (χ0n) is 13.4. The number of hydrogen-bond donors (Lipinski definition) is 1. The van der Waals surface area contributed by atoms with Crippen molar-refractivity contribution in [2.45, 2.75) is 65.2 Å². The third-order valence-electron chi connectivity index (χ3n) is 3.92. The zero-order valence-corrected chi connectivity index (χ0v) is 13.4. The minimum absolute atomic E-state index is 0.844. The number of anilines is 2. The second kappa shape index (κ2) is 10.6. The number of benzene rings is 1. The molecule has 2 heteroatoms. The minimum atomic E-state index is 0.844. The molecule has 2 nitrogen and oxygen atoms in total. The summed E-state index contributed by atoms with van der Waals surface area (Å²) in [4.78, 5) is 2.44. The van der Waals surface area contributed by atoms with Crippen molar-refractivity contribution in [1.82, 2.24) is 0 Å². The highest BCUT2D eigenvalue weighted by atomic mass is 15.1. The molecular weight excluding hydrogens is 244 g/mol. The molecule has 0 fully saturated rings. The maximum absolute atomic E-state index is 5.74. The molecule has 0 amide bonds. The number of nitrogens with zero attached hydrogens (tertiary/aromatic N) is 1. The van der Waals surface area contributed by atoms with Crippen molar-refractivity contribution in [2.75, 3.05) is 23.7 Å².